The fourth-order valence-electron chi connectivity index (χ4n) is 1.22. The summed E-state index contributed by atoms with van der Waals surface area (Å²) < 4.78 is 0. The summed E-state index contributed by atoms with van der Waals surface area (Å²) in [5, 5.41) is 12.7. The number of hydrogen-bond donors (Lipinski definition) is 2. The molecule has 2 heteroatoms. The molecule has 2 nitrogen and oxygen atoms in total. The quantitative estimate of drug-likeness (QED) is 0.691. The monoisotopic (exact) mass is 177 g/mol. The molecule has 0 saturated heterocycles. The average Bonchev–Trinajstić information content (AvgIpc) is 2.15. The first-order chi connectivity index (χ1) is 6.25. The van der Waals surface area contributed by atoms with E-state index in [0.29, 0.717) is 5.75 Å². The third kappa shape index (κ3) is 2.60. The van der Waals surface area contributed by atoms with Crippen molar-refractivity contribution in [3.63, 3.8) is 0 Å². The molecule has 0 bridgehead atoms. The highest BCUT2D eigenvalue weighted by Crippen LogP contribution is 2.22. The van der Waals surface area contributed by atoms with E-state index in [2.05, 4.69) is 11.9 Å². The zero-order valence-corrected chi connectivity index (χ0v) is 7.83. The van der Waals surface area contributed by atoms with Crippen LogP contribution in [-0.2, 0) is 0 Å². The number of rotatable bonds is 4. The molecule has 1 rings (SSSR count). The number of phenolic OH excluding ortho intramolecular Hbond substituents is 1. The summed E-state index contributed by atoms with van der Waals surface area (Å²) in [6, 6.07) is 7.50. The van der Waals surface area contributed by atoms with Crippen LogP contribution in [0.1, 0.15) is 18.5 Å². The number of para-hydroxylation sites is 1. The normalized spacial score (nSPS) is 12.4. The summed E-state index contributed by atoms with van der Waals surface area (Å²) in [5.41, 5.74) is 0.921. The van der Waals surface area contributed by atoms with Crippen LogP contribution in [0.3, 0.4) is 0 Å². The molecule has 1 unspecified atom stereocenters. The molecule has 13 heavy (non-hydrogen) atoms. The van der Waals surface area contributed by atoms with Gasteiger partial charge in [0.15, 0.2) is 0 Å². The van der Waals surface area contributed by atoms with Crippen LogP contribution < -0.4 is 5.32 Å². The Morgan fingerprint density at radius 2 is 2.23 bits per heavy atom. The van der Waals surface area contributed by atoms with Crippen LogP contribution in [0.25, 0.3) is 0 Å². The van der Waals surface area contributed by atoms with Gasteiger partial charge in [0.1, 0.15) is 5.75 Å². The van der Waals surface area contributed by atoms with E-state index in [1.54, 1.807) is 12.1 Å². The molecule has 0 saturated carbocycles. The molecule has 0 fully saturated rings. The Labute approximate surface area is 78.9 Å². The molecular formula is C11H15NO. The third-order valence-electron chi connectivity index (χ3n) is 1.97. The van der Waals surface area contributed by atoms with Gasteiger partial charge in [-0.15, -0.1) is 6.58 Å². The number of nitrogens with one attached hydrogen (secondary N) is 1. The molecule has 0 aromatic heterocycles. The maximum atomic E-state index is 9.51. The van der Waals surface area contributed by atoms with E-state index >= 15 is 0 Å². The van der Waals surface area contributed by atoms with Crippen LogP contribution in [0, 0.1) is 0 Å². The topological polar surface area (TPSA) is 32.3 Å². The van der Waals surface area contributed by atoms with Crippen LogP contribution in [-0.4, -0.2) is 11.7 Å². The largest absolute Gasteiger partial charge is 0.508 e. The molecule has 1 atom stereocenters. The van der Waals surface area contributed by atoms with Crippen molar-refractivity contribution in [2.45, 2.75) is 13.0 Å². The summed E-state index contributed by atoms with van der Waals surface area (Å²) in [6.07, 6.45) is 1.80. The standard InChI is InChI=1S/C11H15NO/c1-3-8-12-9(2)10-6-4-5-7-11(10)13/h3-7,9,12-13H,1,8H2,2H3. The molecular weight excluding hydrogens is 162 g/mol. The summed E-state index contributed by atoms with van der Waals surface area (Å²) in [7, 11) is 0. The predicted molar refractivity (Wildman–Crippen MR) is 54.7 cm³/mol. The average molecular weight is 177 g/mol. The number of hydrogen-bond acceptors (Lipinski definition) is 2. The molecule has 0 amide bonds. The molecule has 0 heterocycles. The lowest BCUT2D eigenvalue weighted by molar-refractivity contribution is 0.456. The van der Waals surface area contributed by atoms with Crippen molar-refractivity contribution in [3.8, 4) is 5.75 Å². The minimum absolute atomic E-state index is 0.152. The van der Waals surface area contributed by atoms with Crippen LogP contribution in [0.2, 0.25) is 0 Å². The fourth-order valence-corrected chi connectivity index (χ4v) is 1.22. The Morgan fingerprint density at radius 1 is 1.54 bits per heavy atom. The van der Waals surface area contributed by atoms with Gasteiger partial charge >= 0.3 is 0 Å². The maximum Gasteiger partial charge on any atom is 0.120 e. The van der Waals surface area contributed by atoms with Gasteiger partial charge < -0.3 is 10.4 Å². The number of aromatic hydroxyl groups is 1. The van der Waals surface area contributed by atoms with E-state index < -0.39 is 0 Å². The maximum absolute atomic E-state index is 9.51. The number of phenols is 1. The summed E-state index contributed by atoms with van der Waals surface area (Å²) >= 11 is 0. The van der Waals surface area contributed by atoms with E-state index in [1.807, 2.05) is 25.1 Å². The van der Waals surface area contributed by atoms with Crippen LogP contribution in [0.5, 0.6) is 5.75 Å². The van der Waals surface area contributed by atoms with Crippen molar-refractivity contribution in [1.29, 1.82) is 0 Å². The highest BCUT2D eigenvalue weighted by molar-refractivity contribution is 5.34. The molecule has 2 N–H and O–H groups in total. The second kappa shape index (κ2) is 4.67. The molecule has 0 radical (unpaired) electrons. The van der Waals surface area contributed by atoms with Crippen molar-refractivity contribution in [2.24, 2.45) is 0 Å². The Balaban J connectivity index is 2.70. The van der Waals surface area contributed by atoms with Crippen molar-refractivity contribution in [1.82, 2.24) is 5.32 Å². The van der Waals surface area contributed by atoms with Crippen molar-refractivity contribution >= 4 is 0 Å². The highest BCUT2D eigenvalue weighted by atomic mass is 16.3. The summed E-state index contributed by atoms with van der Waals surface area (Å²) in [6.45, 7) is 6.38. The molecule has 0 aliphatic heterocycles. The SMILES string of the molecule is C=CCNC(C)c1ccccc1O. The molecule has 1 aromatic rings. The Hall–Kier alpha value is -1.28. The van der Waals surface area contributed by atoms with Crippen molar-refractivity contribution in [3.05, 3.63) is 42.5 Å². The highest BCUT2D eigenvalue weighted by Gasteiger charge is 2.06. The van der Waals surface area contributed by atoms with Gasteiger partial charge in [-0.3, -0.25) is 0 Å². The molecule has 0 spiro atoms. The predicted octanol–water partition coefficient (Wildman–Crippen LogP) is 2.23. The summed E-state index contributed by atoms with van der Waals surface area (Å²) in [5.74, 6) is 0.339. The first kappa shape index (κ1) is 9.81. The first-order valence-electron chi connectivity index (χ1n) is 4.38. The van der Waals surface area contributed by atoms with Crippen molar-refractivity contribution < 1.29 is 5.11 Å². The molecule has 0 aliphatic rings. The third-order valence-corrected chi connectivity index (χ3v) is 1.97. The van der Waals surface area contributed by atoms with Gasteiger partial charge in [0.2, 0.25) is 0 Å². The molecule has 1 aromatic carbocycles. The summed E-state index contributed by atoms with van der Waals surface area (Å²) in [4.78, 5) is 0. The minimum Gasteiger partial charge on any atom is -0.508 e. The zero-order chi connectivity index (χ0) is 9.68. The van der Waals surface area contributed by atoms with Gasteiger partial charge in [-0.05, 0) is 13.0 Å². The van der Waals surface area contributed by atoms with Crippen LogP contribution in [0.4, 0.5) is 0 Å². The minimum atomic E-state index is 0.152. The smallest absolute Gasteiger partial charge is 0.120 e. The van der Waals surface area contributed by atoms with Gasteiger partial charge in [0.05, 0.1) is 0 Å². The first-order valence-corrected chi connectivity index (χ1v) is 4.38. The lowest BCUT2D eigenvalue weighted by Crippen LogP contribution is -2.18. The van der Waals surface area contributed by atoms with Gasteiger partial charge in [-0.1, -0.05) is 24.3 Å². The molecule has 70 valence electrons. The lowest BCUT2D eigenvalue weighted by Gasteiger charge is -2.13. The van der Waals surface area contributed by atoms with Gasteiger partial charge in [-0.25, -0.2) is 0 Å². The van der Waals surface area contributed by atoms with Gasteiger partial charge in [0, 0.05) is 18.2 Å². The Kier molecular flexibility index (Phi) is 3.53. The van der Waals surface area contributed by atoms with Gasteiger partial charge in [-0.2, -0.15) is 0 Å². The van der Waals surface area contributed by atoms with E-state index in [0.717, 1.165) is 12.1 Å². The molecule has 0 aliphatic carbocycles. The van der Waals surface area contributed by atoms with Crippen molar-refractivity contribution in [2.75, 3.05) is 6.54 Å². The Morgan fingerprint density at radius 3 is 2.85 bits per heavy atom. The van der Waals surface area contributed by atoms with E-state index in [1.165, 1.54) is 0 Å². The van der Waals surface area contributed by atoms with E-state index in [9.17, 15) is 5.11 Å². The van der Waals surface area contributed by atoms with Gasteiger partial charge in [0.25, 0.3) is 0 Å². The number of benzene rings is 1. The fraction of sp³-hybridized carbons (Fsp3) is 0.273. The second-order valence-corrected chi connectivity index (χ2v) is 2.98. The zero-order valence-electron chi connectivity index (χ0n) is 7.83. The lowest BCUT2D eigenvalue weighted by atomic mass is 10.1. The van der Waals surface area contributed by atoms with E-state index in [-0.39, 0.29) is 6.04 Å². The van der Waals surface area contributed by atoms with Crippen LogP contribution in [0.15, 0.2) is 36.9 Å². The second-order valence-electron chi connectivity index (χ2n) is 2.98. The Bertz CT molecular complexity index is 283. The van der Waals surface area contributed by atoms with E-state index in [4.69, 9.17) is 0 Å². The van der Waals surface area contributed by atoms with Crippen LogP contribution >= 0.6 is 0 Å².